The van der Waals surface area contributed by atoms with E-state index in [4.69, 9.17) is 5.26 Å². The molecule has 0 spiro atoms. The lowest BCUT2D eigenvalue weighted by Crippen LogP contribution is -2.17. The summed E-state index contributed by atoms with van der Waals surface area (Å²) in [7, 11) is 0. The van der Waals surface area contributed by atoms with Crippen LogP contribution in [-0.2, 0) is 4.79 Å². The van der Waals surface area contributed by atoms with Crippen LogP contribution in [0.5, 0.6) is 0 Å². The van der Waals surface area contributed by atoms with Gasteiger partial charge in [-0.15, -0.1) is 0 Å². The fourth-order valence-electron chi connectivity index (χ4n) is 1.58. The van der Waals surface area contributed by atoms with Crippen LogP contribution in [0.3, 0.4) is 0 Å². The maximum atomic E-state index is 10.7. The van der Waals surface area contributed by atoms with Crippen molar-refractivity contribution in [3.63, 3.8) is 0 Å². The number of thioether (sulfide) groups is 1. The summed E-state index contributed by atoms with van der Waals surface area (Å²) in [5.41, 5.74) is -0.184. The summed E-state index contributed by atoms with van der Waals surface area (Å²) < 4.78 is 0. The molecule has 0 N–H and O–H groups in total. The molecule has 66 valence electrons. The van der Waals surface area contributed by atoms with E-state index in [1.807, 2.05) is 0 Å². The number of carbonyl (C=O) groups is 1. The summed E-state index contributed by atoms with van der Waals surface area (Å²) in [6.07, 6.45) is 4.24. The van der Waals surface area contributed by atoms with Crippen molar-refractivity contribution in [2.24, 2.45) is 5.41 Å². The van der Waals surface area contributed by atoms with Gasteiger partial charge >= 0.3 is 0 Å². The molecule has 0 radical (unpaired) electrons. The van der Waals surface area contributed by atoms with Crippen molar-refractivity contribution < 1.29 is 4.79 Å². The molecule has 12 heavy (non-hydrogen) atoms. The molecule has 0 aromatic rings. The zero-order valence-electron chi connectivity index (χ0n) is 7.30. The lowest BCUT2D eigenvalue weighted by atomic mass is 9.91. The zero-order valence-corrected chi connectivity index (χ0v) is 8.12. The predicted molar refractivity (Wildman–Crippen MR) is 49.7 cm³/mol. The van der Waals surface area contributed by atoms with Gasteiger partial charge in [0.25, 0.3) is 0 Å². The molecule has 3 heteroatoms. The minimum absolute atomic E-state index is 0.122. The van der Waals surface area contributed by atoms with Crippen molar-refractivity contribution in [1.29, 1.82) is 5.26 Å². The fraction of sp³-hybridized carbons (Fsp3) is 0.778. The van der Waals surface area contributed by atoms with E-state index in [0.29, 0.717) is 5.75 Å². The number of hydrogen-bond acceptors (Lipinski definition) is 3. The van der Waals surface area contributed by atoms with Crippen molar-refractivity contribution >= 4 is 16.9 Å². The van der Waals surface area contributed by atoms with E-state index in [-0.39, 0.29) is 10.5 Å². The average Bonchev–Trinajstić information content (AvgIpc) is 2.50. The molecule has 0 amide bonds. The van der Waals surface area contributed by atoms with E-state index in [0.717, 1.165) is 25.7 Å². The third kappa shape index (κ3) is 2.25. The molecule has 0 atom stereocenters. The Hall–Kier alpha value is -0.490. The SMILES string of the molecule is CC(=O)SCC1(C#N)CCCC1. The van der Waals surface area contributed by atoms with E-state index in [1.54, 1.807) is 6.92 Å². The highest BCUT2D eigenvalue weighted by Gasteiger charge is 2.34. The van der Waals surface area contributed by atoms with Crippen LogP contribution in [0.15, 0.2) is 0 Å². The first-order valence-electron chi connectivity index (χ1n) is 4.23. The van der Waals surface area contributed by atoms with Crippen molar-refractivity contribution in [1.82, 2.24) is 0 Å². The van der Waals surface area contributed by atoms with Crippen LogP contribution in [0.4, 0.5) is 0 Å². The summed E-state index contributed by atoms with van der Waals surface area (Å²) in [5, 5.41) is 9.08. The molecule has 0 unspecified atom stereocenters. The van der Waals surface area contributed by atoms with Gasteiger partial charge in [0.1, 0.15) is 0 Å². The molecule has 0 bridgehead atoms. The highest BCUT2D eigenvalue weighted by molar-refractivity contribution is 8.13. The Morgan fingerprint density at radius 3 is 2.58 bits per heavy atom. The van der Waals surface area contributed by atoms with Gasteiger partial charge in [-0.25, -0.2) is 0 Å². The van der Waals surface area contributed by atoms with Crippen LogP contribution in [0.25, 0.3) is 0 Å². The fourth-order valence-corrected chi connectivity index (χ4v) is 2.41. The molecule has 0 saturated heterocycles. The number of nitriles is 1. The van der Waals surface area contributed by atoms with Gasteiger partial charge in [0.15, 0.2) is 5.12 Å². The number of carbonyl (C=O) groups excluding carboxylic acids is 1. The lowest BCUT2D eigenvalue weighted by Gasteiger charge is -2.17. The Bertz CT molecular complexity index is 213. The molecule has 1 aliphatic rings. The first kappa shape index (κ1) is 9.60. The monoisotopic (exact) mass is 183 g/mol. The van der Waals surface area contributed by atoms with Crippen molar-refractivity contribution in [3.05, 3.63) is 0 Å². The van der Waals surface area contributed by atoms with Gasteiger partial charge in [0.05, 0.1) is 11.5 Å². The van der Waals surface area contributed by atoms with Crippen LogP contribution in [0, 0.1) is 16.7 Å². The molecule has 1 rings (SSSR count). The summed E-state index contributed by atoms with van der Waals surface area (Å²) in [6, 6.07) is 2.36. The molecular weight excluding hydrogens is 170 g/mol. The van der Waals surface area contributed by atoms with E-state index < -0.39 is 0 Å². The first-order chi connectivity index (χ1) is 5.68. The minimum Gasteiger partial charge on any atom is -0.288 e. The van der Waals surface area contributed by atoms with Crippen molar-refractivity contribution in [3.8, 4) is 6.07 Å². The Morgan fingerprint density at radius 2 is 2.17 bits per heavy atom. The third-order valence-corrected chi connectivity index (χ3v) is 3.45. The van der Waals surface area contributed by atoms with E-state index in [1.165, 1.54) is 11.8 Å². The third-order valence-electron chi connectivity index (χ3n) is 2.35. The van der Waals surface area contributed by atoms with E-state index in [9.17, 15) is 4.79 Å². The molecule has 2 nitrogen and oxygen atoms in total. The largest absolute Gasteiger partial charge is 0.288 e. The predicted octanol–water partition coefficient (Wildman–Crippen LogP) is 2.35. The van der Waals surface area contributed by atoms with Gasteiger partial charge in [-0.05, 0) is 12.8 Å². The van der Waals surface area contributed by atoms with E-state index >= 15 is 0 Å². The molecule has 1 aliphatic carbocycles. The van der Waals surface area contributed by atoms with E-state index in [2.05, 4.69) is 6.07 Å². The molecular formula is C9H13NOS. The van der Waals surface area contributed by atoms with Gasteiger partial charge in [-0.3, -0.25) is 4.79 Å². The lowest BCUT2D eigenvalue weighted by molar-refractivity contribution is -0.109. The molecule has 0 aliphatic heterocycles. The van der Waals surface area contributed by atoms with Gasteiger partial charge in [0, 0.05) is 12.7 Å². The van der Waals surface area contributed by atoms with Gasteiger partial charge in [0.2, 0.25) is 0 Å². The maximum absolute atomic E-state index is 10.7. The van der Waals surface area contributed by atoms with Gasteiger partial charge in [-0.1, -0.05) is 24.6 Å². The maximum Gasteiger partial charge on any atom is 0.185 e. The normalized spacial score (nSPS) is 20.3. The second kappa shape index (κ2) is 3.95. The molecule has 0 aromatic carbocycles. The smallest absolute Gasteiger partial charge is 0.185 e. The van der Waals surface area contributed by atoms with Gasteiger partial charge in [-0.2, -0.15) is 5.26 Å². The van der Waals surface area contributed by atoms with Crippen molar-refractivity contribution in [2.45, 2.75) is 32.6 Å². The summed E-state index contributed by atoms with van der Waals surface area (Å²) >= 11 is 1.29. The molecule has 0 heterocycles. The Kier molecular flexibility index (Phi) is 3.16. The number of rotatable bonds is 2. The van der Waals surface area contributed by atoms with Crippen LogP contribution in [0.2, 0.25) is 0 Å². The Balaban J connectivity index is 2.46. The number of nitrogens with zero attached hydrogens (tertiary/aromatic N) is 1. The molecule has 1 saturated carbocycles. The van der Waals surface area contributed by atoms with Crippen LogP contribution in [-0.4, -0.2) is 10.9 Å². The summed E-state index contributed by atoms with van der Waals surface area (Å²) in [4.78, 5) is 10.7. The Labute approximate surface area is 77.3 Å². The van der Waals surface area contributed by atoms with Crippen LogP contribution >= 0.6 is 11.8 Å². The average molecular weight is 183 g/mol. The number of hydrogen-bond donors (Lipinski definition) is 0. The second-order valence-corrected chi connectivity index (χ2v) is 4.53. The van der Waals surface area contributed by atoms with Crippen molar-refractivity contribution in [2.75, 3.05) is 5.75 Å². The standard InChI is InChI=1S/C9H13NOS/c1-8(11)12-7-9(6-10)4-2-3-5-9/h2-5,7H2,1H3. The quantitative estimate of drug-likeness (QED) is 0.659. The van der Waals surface area contributed by atoms with Gasteiger partial charge < -0.3 is 0 Å². The van der Waals surface area contributed by atoms with Crippen LogP contribution in [0.1, 0.15) is 32.6 Å². The summed E-state index contributed by atoms with van der Waals surface area (Å²) in [6.45, 7) is 1.56. The second-order valence-electron chi connectivity index (χ2n) is 3.38. The topological polar surface area (TPSA) is 40.9 Å². The highest BCUT2D eigenvalue weighted by atomic mass is 32.2. The highest BCUT2D eigenvalue weighted by Crippen LogP contribution is 2.40. The van der Waals surface area contributed by atoms with Crippen LogP contribution < -0.4 is 0 Å². The molecule has 0 aromatic heterocycles. The molecule has 1 fully saturated rings. The first-order valence-corrected chi connectivity index (χ1v) is 5.22. The minimum atomic E-state index is -0.184. The zero-order chi connectivity index (χ0) is 9.03. The summed E-state index contributed by atoms with van der Waals surface area (Å²) in [5.74, 6) is 0.693. The Morgan fingerprint density at radius 1 is 1.58 bits per heavy atom.